The largest absolute Gasteiger partial charge is 0.481 e. The number of imide groups is 1. The summed E-state index contributed by atoms with van der Waals surface area (Å²) >= 11 is 0. The van der Waals surface area contributed by atoms with Crippen molar-refractivity contribution >= 4 is 17.9 Å². The lowest BCUT2D eigenvalue weighted by atomic mass is 10.0. The van der Waals surface area contributed by atoms with Crippen LogP contribution in [0.1, 0.15) is 26.7 Å². The second-order valence-corrected chi connectivity index (χ2v) is 4.21. The summed E-state index contributed by atoms with van der Waals surface area (Å²) in [5.41, 5.74) is 0. The van der Waals surface area contributed by atoms with Gasteiger partial charge in [0.15, 0.2) is 0 Å². The zero-order valence-corrected chi connectivity index (χ0v) is 10.9. The van der Waals surface area contributed by atoms with Crippen LogP contribution in [0.2, 0.25) is 0 Å². The fourth-order valence-electron chi connectivity index (χ4n) is 1.23. The molecule has 0 aromatic rings. The first kappa shape index (κ1) is 16.4. The summed E-state index contributed by atoms with van der Waals surface area (Å²) in [5.74, 6) is -1.77. The molecule has 3 amide bonds. The highest BCUT2D eigenvalue weighted by Crippen LogP contribution is 2.06. The number of amides is 3. The third-order valence-electron chi connectivity index (χ3n) is 2.26. The van der Waals surface area contributed by atoms with Crippen LogP contribution >= 0.6 is 0 Å². The Bertz CT molecular complexity index is 306. The first-order chi connectivity index (χ1) is 8.35. The lowest BCUT2D eigenvalue weighted by Crippen LogP contribution is -2.42. The number of aliphatic carboxylic acids is 1. The third kappa shape index (κ3) is 8.51. The van der Waals surface area contributed by atoms with Crippen molar-refractivity contribution < 1.29 is 24.2 Å². The summed E-state index contributed by atoms with van der Waals surface area (Å²) in [5, 5.41) is 13.1. The van der Waals surface area contributed by atoms with Gasteiger partial charge in [0.05, 0.1) is 6.10 Å². The minimum Gasteiger partial charge on any atom is -0.481 e. The standard InChI is InChI=1S/C11H20N2O5/c1-7(5-10(15)16)4-9(14)13-11(17)12-6-8(2)18-3/h7-8H,4-6H2,1-3H3,(H,15,16)(H2,12,13,14,17). The van der Waals surface area contributed by atoms with Gasteiger partial charge in [0.25, 0.3) is 0 Å². The summed E-state index contributed by atoms with van der Waals surface area (Å²) in [4.78, 5) is 33.0. The number of hydrogen-bond acceptors (Lipinski definition) is 4. The normalized spacial score (nSPS) is 13.5. The van der Waals surface area contributed by atoms with Crippen LogP contribution in [0.3, 0.4) is 0 Å². The highest BCUT2D eigenvalue weighted by atomic mass is 16.5. The molecule has 2 unspecified atom stereocenters. The fourth-order valence-corrected chi connectivity index (χ4v) is 1.23. The Hall–Kier alpha value is -1.63. The fraction of sp³-hybridized carbons (Fsp3) is 0.727. The molecule has 0 rings (SSSR count). The van der Waals surface area contributed by atoms with E-state index >= 15 is 0 Å². The van der Waals surface area contributed by atoms with Gasteiger partial charge in [0.1, 0.15) is 0 Å². The molecule has 0 bridgehead atoms. The van der Waals surface area contributed by atoms with Crippen LogP contribution in [0.25, 0.3) is 0 Å². The van der Waals surface area contributed by atoms with Crippen LogP contribution < -0.4 is 10.6 Å². The number of carbonyl (C=O) groups excluding carboxylic acids is 2. The molecule has 7 heteroatoms. The van der Waals surface area contributed by atoms with E-state index in [1.165, 1.54) is 7.11 Å². The topological polar surface area (TPSA) is 105 Å². The molecule has 0 aromatic carbocycles. The zero-order chi connectivity index (χ0) is 14.1. The SMILES string of the molecule is COC(C)CNC(=O)NC(=O)CC(C)CC(=O)O. The third-order valence-corrected chi connectivity index (χ3v) is 2.26. The number of ether oxygens (including phenoxy) is 1. The number of nitrogens with one attached hydrogen (secondary N) is 2. The molecule has 0 radical (unpaired) electrons. The van der Waals surface area contributed by atoms with Gasteiger partial charge in [0.2, 0.25) is 5.91 Å². The van der Waals surface area contributed by atoms with Gasteiger partial charge < -0.3 is 15.2 Å². The molecule has 2 atom stereocenters. The van der Waals surface area contributed by atoms with E-state index in [0.29, 0.717) is 6.54 Å². The maximum atomic E-state index is 11.4. The van der Waals surface area contributed by atoms with Crippen LogP contribution in [-0.4, -0.2) is 42.8 Å². The van der Waals surface area contributed by atoms with Crippen LogP contribution in [0.4, 0.5) is 4.79 Å². The van der Waals surface area contributed by atoms with E-state index in [1.807, 2.05) is 0 Å². The lowest BCUT2D eigenvalue weighted by molar-refractivity contribution is -0.138. The highest BCUT2D eigenvalue weighted by Gasteiger charge is 2.14. The summed E-state index contributed by atoms with van der Waals surface area (Å²) < 4.78 is 4.92. The monoisotopic (exact) mass is 260 g/mol. The van der Waals surface area contributed by atoms with E-state index in [1.54, 1.807) is 13.8 Å². The van der Waals surface area contributed by atoms with Crippen LogP contribution in [0, 0.1) is 5.92 Å². The Morgan fingerprint density at radius 1 is 1.22 bits per heavy atom. The number of methoxy groups -OCH3 is 1. The van der Waals surface area contributed by atoms with E-state index in [-0.39, 0.29) is 24.9 Å². The van der Waals surface area contributed by atoms with Gasteiger partial charge in [0, 0.05) is 26.5 Å². The summed E-state index contributed by atoms with van der Waals surface area (Å²) in [6, 6.07) is -0.605. The second-order valence-electron chi connectivity index (χ2n) is 4.21. The Morgan fingerprint density at radius 3 is 2.33 bits per heavy atom. The minimum atomic E-state index is -0.964. The van der Waals surface area contributed by atoms with Crippen molar-refractivity contribution in [2.45, 2.75) is 32.8 Å². The van der Waals surface area contributed by atoms with E-state index < -0.39 is 17.9 Å². The van der Waals surface area contributed by atoms with Gasteiger partial charge in [-0.15, -0.1) is 0 Å². The van der Waals surface area contributed by atoms with Crippen LogP contribution in [0.5, 0.6) is 0 Å². The summed E-state index contributed by atoms with van der Waals surface area (Å²) in [6.45, 7) is 3.70. The number of carboxylic acid groups (broad SMARTS) is 1. The van der Waals surface area contributed by atoms with E-state index in [9.17, 15) is 14.4 Å². The van der Waals surface area contributed by atoms with Crippen molar-refractivity contribution in [1.82, 2.24) is 10.6 Å². The van der Waals surface area contributed by atoms with Gasteiger partial charge in [-0.05, 0) is 12.8 Å². The van der Waals surface area contributed by atoms with Gasteiger partial charge >= 0.3 is 12.0 Å². The molecule has 0 aliphatic heterocycles. The number of hydrogen-bond donors (Lipinski definition) is 3. The summed E-state index contributed by atoms with van der Waals surface area (Å²) in [7, 11) is 1.52. The number of urea groups is 1. The smallest absolute Gasteiger partial charge is 0.321 e. The number of rotatable bonds is 7. The van der Waals surface area contributed by atoms with E-state index in [4.69, 9.17) is 9.84 Å². The van der Waals surface area contributed by atoms with Crippen molar-refractivity contribution in [3.05, 3.63) is 0 Å². The van der Waals surface area contributed by atoms with Crippen molar-refractivity contribution in [2.24, 2.45) is 5.92 Å². The highest BCUT2D eigenvalue weighted by molar-refractivity contribution is 5.94. The molecule has 0 aliphatic rings. The van der Waals surface area contributed by atoms with Crippen molar-refractivity contribution in [1.29, 1.82) is 0 Å². The predicted octanol–water partition coefficient (Wildman–Crippen LogP) is 0.348. The molecule has 0 aliphatic carbocycles. The van der Waals surface area contributed by atoms with Gasteiger partial charge in [-0.2, -0.15) is 0 Å². The molecule has 0 saturated heterocycles. The maximum absolute atomic E-state index is 11.4. The Kier molecular flexibility index (Phi) is 7.69. The minimum absolute atomic E-state index is 0.000445. The predicted molar refractivity (Wildman–Crippen MR) is 64.0 cm³/mol. The van der Waals surface area contributed by atoms with Crippen molar-refractivity contribution in [3.63, 3.8) is 0 Å². The molecule has 0 saturated carbocycles. The van der Waals surface area contributed by atoms with Gasteiger partial charge in [-0.25, -0.2) is 4.79 Å². The molecule has 104 valence electrons. The molecule has 0 heterocycles. The molecule has 3 N–H and O–H groups in total. The molecule has 7 nitrogen and oxygen atoms in total. The second kappa shape index (κ2) is 8.46. The maximum Gasteiger partial charge on any atom is 0.321 e. The van der Waals surface area contributed by atoms with Crippen LogP contribution in [0.15, 0.2) is 0 Å². The first-order valence-corrected chi connectivity index (χ1v) is 5.67. The Balaban J connectivity index is 3.86. The molecular formula is C11H20N2O5. The van der Waals surface area contributed by atoms with Gasteiger partial charge in [-0.1, -0.05) is 6.92 Å². The van der Waals surface area contributed by atoms with E-state index in [2.05, 4.69) is 10.6 Å². The van der Waals surface area contributed by atoms with Crippen molar-refractivity contribution in [2.75, 3.05) is 13.7 Å². The van der Waals surface area contributed by atoms with Crippen LogP contribution in [-0.2, 0) is 14.3 Å². The first-order valence-electron chi connectivity index (χ1n) is 5.67. The van der Waals surface area contributed by atoms with Crippen molar-refractivity contribution in [3.8, 4) is 0 Å². The number of carbonyl (C=O) groups is 3. The molecular weight excluding hydrogens is 240 g/mol. The molecule has 0 aromatic heterocycles. The van der Waals surface area contributed by atoms with Gasteiger partial charge in [-0.3, -0.25) is 14.9 Å². The lowest BCUT2D eigenvalue weighted by Gasteiger charge is -2.12. The average molecular weight is 260 g/mol. The molecule has 0 fully saturated rings. The quantitative estimate of drug-likeness (QED) is 0.612. The average Bonchev–Trinajstić information content (AvgIpc) is 2.24. The Morgan fingerprint density at radius 2 is 1.83 bits per heavy atom. The molecule has 18 heavy (non-hydrogen) atoms. The Labute approximate surface area is 106 Å². The summed E-state index contributed by atoms with van der Waals surface area (Å²) in [6.07, 6.45) is -0.244. The molecule has 0 spiro atoms. The van der Waals surface area contributed by atoms with E-state index in [0.717, 1.165) is 0 Å². The number of carboxylic acids is 1. The zero-order valence-electron chi connectivity index (χ0n) is 10.9.